The van der Waals surface area contributed by atoms with Gasteiger partial charge in [0.25, 0.3) is 5.91 Å². The Balaban J connectivity index is 1.52. The van der Waals surface area contributed by atoms with E-state index < -0.39 is 0 Å². The van der Waals surface area contributed by atoms with Crippen molar-refractivity contribution < 1.29 is 14.4 Å². The molecule has 3 aliphatic rings. The Morgan fingerprint density at radius 3 is 2.38 bits per heavy atom. The minimum Gasteiger partial charge on any atom is -0.343 e. The molecule has 1 aliphatic carbocycles. The van der Waals surface area contributed by atoms with E-state index in [0.717, 1.165) is 49.1 Å². The lowest BCUT2D eigenvalue weighted by Gasteiger charge is -2.34. The predicted molar refractivity (Wildman–Crippen MR) is 129 cm³/mol. The Morgan fingerprint density at radius 1 is 1.00 bits per heavy atom. The van der Waals surface area contributed by atoms with Gasteiger partial charge in [0, 0.05) is 38.5 Å². The summed E-state index contributed by atoms with van der Waals surface area (Å²) in [5, 5.41) is 5.11. The molecule has 0 bridgehead atoms. The molecule has 2 aromatic rings. The fraction of sp³-hybridized carbons (Fsp3) is 0.556. The number of piperidine rings is 1. The number of ketones is 1. The standard InChI is InChI=1S/C27H34N4O3/c1-18(32)29-14-11-20(12-15-29)31-22-16-27(2,3)17-23(33)24(22)25(28-31)21-10-7-13-30(21)26(34)19-8-5-4-6-9-19/h4-6,8-9,20-21H,7,10-17H2,1-3H3/t21-/m0/s1. The number of hydrogen-bond acceptors (Lipinski definition) is 4. The number of rotatable bonds is 3. The van der Waals surface area contributed by atoms with Crippen molar-refractivity contribution in [2.45, 2.75) is 71.4 Å². The number of aromatic nitrogens is 2. The van der Waals surface area contributed by atoms with E-state index in [2.05, 4.69) is 18.5 Å². The average molecular weight is 463 g/mol. The first-order valence-electron chi connectivity index (χ1n) is 12.5. The molecule has 1 aromatic carbocycles. The van der Waals surface area contributed by atoms with Crippen LogP contribution in [0.3, 0.4) is 0 Å². The van der Waals surface area contributed by atoms with Crippen LogP contribution < -0.4 is 0 Å². The highest BCUT2D eigenvalue weighted by Crippen LogP contribution is 2.43. The third-order valence-corrected chi connectivity index (χ3v) is 7.71. The summed E-state index contributed by atoms with van der Waals surface area (Å²) >= 11 is 0. The number of Topliss-reactive ketones (excluding diaryl/α,β-unsaturated/α-hetero) is 1. The number of benzene rings is 1. The molecule has 3 heterocycles. The van der Waals surface area contributed by atoms with Crippen LogP contribution >= 0.6 is 0 Å². The fourth-order valence-electron chi connectivity index (χ4n) is 6.00. The number of fused-ring (bicyclic) bond motifs is 1. The molecule has 1 aromatic heterocycles. The van der Waals surface area contributed by atoms with Gasteiger partial charge < -0.3 is 9.80 Å². The van der Waals surface area contributed by atoms with Gasteiger partial charge in [-0.15, -0.1) is 0 Å². The number of carbonyl (C=O) groups is 3. The summed E-state index contributed by atoms with van der Waals surface area (Å²) in [6.45, 7) is 8.01. The van der Waals surface area contributed by atoms with Crippen LogP contribution in [-0.4, -0.2) is 56.8 Å². The molecule has 2 saturated heterocycles. The van der Waals surface area contributed by atoms with Crippen LogP contribution in [0.2, 0.25) is 0 Å². The molecule has 0 radical (unpaired) electrons. The van der Waals surface area contributed by atoms with Crippen molar-refractivity contribution in [3.05, 3.63) is 52.8 Å². The van der Waals surface area contributed by atoms with E-state index in [4.69, 9.17) is 5.10 Å². The molecule has 0 unspecified atom stereocenters. The van der Waals surface area contributed by atoms with Crippen LogP contribution in [0.1, 0.15) is 97.1 Å². The smallest absolute Gasteiger partial charge is 0.254 e. The summed E-state index contributed by atoms with van der Waals surface area (Å²) in [5.74, 6) is 0.261. The lowest BCUT2D eigenvalue weighted by molar-refractivity contribution is -0.130. The minimum absolute atomic E-state index is 0.00440. The molecule has 2 fully saturated rings. The van der Waals surface area contributed by atoms with Crippen LogP contribution in [0.5, 0.6) is 0 Å². The van der Waals surface area contributed by atoms with E-state index in [1.54, 1.807) is 6.92 Å². The summed E-state index contributed by atoms with van der Waals surface area (Å²) in [5.41, 5.74) is 3.12. The average Bonchev–Trinajstić information content (AvgIpc) is 3.43. The van der Waals surface area contributed by atoms with E-state index in [9.17, 15) is 14.4 Å². The molecule has 5 rings (SSSR count). The van der Waals surface area contributed by atoms with Gasteiger partial charge in [-0.25, -0.2) is 0 Å². The van der Waals surface area contributed by atoms with Crippen molar-refractivity contribution in [1.29, 1.82) is 0 Å². The molecule has 180 valence electrons. The summed E-state index contributed by atoms with van der Waals surface area (Å²) < 4.78 is 2.10. The normalized spacial score (nSPS) is 22.7. The van der Waals surface area contributed by atoms with Gasteiger partial charge in [0.15, 0.2) is 5.78 Å². The Morgan fingerprint density at radius 2 is 1.71 bits per heavy atom. The van der Waals surface area contributed by atoms with Gasteiger partial charge in [-0.3, -0.25) is 19.1 Å². The Bertz CT molecular complexity index is 1110. The second kappa shape index (κ2) is 8.67. The molecule has 0 saturated carbocycles. The van der Waals surface area contributed by atoms with E-state index in [-0.39, 0.29) is 35.1 Å². The highest BCUT2D eigenvalue weighted by molar-refractivity contribution is 6.00. The van der Waals surface area contributed by atoms with Gasteiger partial charge in [0.05, 0.1) is 29.0 Å². The lowest BCUT2D eigenvalue weighted by atomic mass is 9.75. The van der Waals surface area contributed by atoms with E-state index in [1.807, 2.05) is 40.1 Å². The minimum atomic E-state index is -0.176. The molecule has 7 nitrogen and oxygen atoms in total. The maximum absolute atomic E-state index is 13.5. The van der Waals surface area contributed by atoms with Crippen LogP contribution in [0, 0.1) is 5.41 Å². The number of amides is 2. The summed E-state index contributed by atoms with van der Waals surface area (Å²) in [4.78, 5) is 42.4. The Hall–Kier alpha value is -2.96. The monoisotopic (exact) mass is 462 g/mol. The van der Waals surface area contributed by atoms with Crippen molar-refractivity contribution in [3.63, 3.8) is 0 Å². The molecular weight excluding hydrogens is 428 g/mol. The zero-order valence-electron chi connectivity index (χ0n) is 20.4. The van der Waals surface area contributed by atoms with Gasteiger partial charge in [-0.2, -0.15) is 5.10 Å². The van der Waals surface area contributed by atoms with Gasteiger partial charge in [0.1, 0.15) is 0 Å². The summed E-state index contributed by atoms with van der Waals surface area (Å²) in [6.07, 6.45) is 4.69. The molecule has 7 heteroatoms. The van der Waals surface area contributed by atoms with Gasteiger partial charge >= 0.3 is 0 Å². The number of likely N-dealkylation sites (tertiary alicyclic amines) is 2. The van der Waals surface area contributed by atoms with Crippen LogP contribution in [0.4, 0.5) is 0 Å². The predicted octanol–water partition coefficient (Wildman–Crippen LogP) is 4.20. The highest BCUT2D eigenvalue weighted by atomic mass is 16.2. The Labute approximate surface area is 201 Å². The van der Waals surface area contributed by atoms with Crippen LogP contribution in [0.25, 0.3) is 0 Å². The fourth-order valence-corrected chi connectivity index (χ4v) is 6.00. The first kappa shape index (κ1) is 22.8. The van der Waals surface area contributed by atoms with Crippen molar-refractivity contribution in [1.82, 2.24) is 19.6 Å². The van der Waals surface area contributed by atoms with Gasteiger partial charge in [0.2, 0.25) is 5.91 Å². The lowest BCUT2D eigenvalue weighted by Crippen LogP contribution is -2.38. The zero-order valence-corrected chi connectivity index (χ0v) is 20.4. The largest absolute Gasteiger partial charge is 0.343 e. The molecule has 1 atom stereocenters. The number of hydrogen-bond donors (Lipinski definition) is 0. The number of nitrogens with zero attached hydrogens (tertiary/aromatic N) is 4. The quantitative estimate of drug-likeness (QED) is 0.685. The van der Waals surface area contributed by atoms with Gasteiger partial charge in [-0.1, -0.05) is 32.0 Å². The van der Waals surface area contributed by atoms with E-state index >= 15 is 0 Å². The van der Waals surface area contributed by atoms with Crippen LogP contribution in [-0.2, 0) is 11.2 Å². The molecule has 2 aliphatic heterocycles. The molecule has 2 amide bonds. The SMILES string of the molecule is CC(=O)N1CCC(n2nc([C@@H]3CCCN3C(=O)c3ccccc3)c3c2CC(C)(C)CC3=O)CC1. The van der Waals surface area contributed by atoms with Crippen LogP contribution in [0.15, 0.2) is 30.3 Å². The van der Waals surface area contributed by atoms with Crippen molar-refractivity contribution >= 4 is 17.6 Å². The first-order chi connectivity index (χ1) is 16.2. The summed E-state index contributed by atoms with van der Waals surface area (Å²) in [6, 6.07) is 9.37. The van der Waals surface area contributed by atoms with Gasteiger partial charge in [-0.05, 0) is 49.7 Å². The maximum atomic E-state index is 13.5. The van der Waals surface area contributed by atoms with E-state index in [1.165, 1.54) is 0 Å². The Kier molecular flexibility index (Phi) is 5.82. The summed E-state index contributed by atoms with van der Waals surface area (Å²) in [7, 11) is 0. The first-order valence-corrected chi connectivity index (χ1v) is 12.5. The topological polar surface area (TPSA) is 75.5 Å². The zero-order chi connectivity index (χ0) is 24.0. The van der Waals surface area contributed by atoms with E-state index in [0.29, 0.717) is 31.6 Å². The second-order valence-electron chi connectivity index (χ2n) is 10.9. The molecule has 0 N–H and O–H groups in total. The maximum Gasteiger partial charge on any atom is 0.254 e. The number of carbonyl (C=O) groups excluding carboxylic acids is 3. The molecular formula is C27H34N4O3. The highest BCUT2D eigenvalue weighted by Gasteiger charge is 2.42. The molecule has 34 heavy (non-hydrogen) atoms. The third kappa shape index (κ3) is 4.05. The molecule has 0 spiro atoms. The second-order valence-corrected chi connectivity index (χ2v) is 10.9. The van der Waals surface area contributed by atoms with Crippen molar-refractivity contribution in [2.75, 3.05) is 19.6 Å². The third-order valence-electron chi connectivity index (χ3n) is 7.71. The van der Waals surface area contributed by atoms with Crippen molar-refractivity contribution in [3.8, 4) is 0 Å². The van der Waals surface area contributed by atoms with Crippen molar-refractivity contribution in [2.24, 2.45) is 5.41 Å².